The predicted octanol–water partition coefficient (Wildman–Crippen LogP) is 1.00. The van der Waals surface area contributed by atoms with Crippen molar-refractivity contribution in [2.75, 3.05) is 25.0 Å². The Hall–Kier alpha value is -1.07. The van der Waals surface area contributed by atoms with Gasteiger partial charge in [0.1, 0.15) is 5.02 Å². The molecule has 5 nitrogen and oxygen atoms in total. The molecule has 0 aromatic carbocycles. The molecule has 0 atom stereocenters. The Labute approximate surface area is 105 Å². The van der Waals surface area contributed by atoms with E-state index < -0.39 is 0 Å². The van der Waals surface area contributed by atoms with E-state index in [-0.39, 0.29) is 16.1 Å². The molecule has 0 aliphatic carbocycles. The van der Waals surface area contributed by atoms with Crippen molar-refractivity contribution >= 4 is 17.3 Å². The fraction of sp³-hybridized carbons (Fsp3) is 0.636. The van der Waals surface area contributed by atoms with Gasteiger partial charge in [-0.15, -0.1) is 0 Å². The zero-order valence-corrected chi connectivity index (χ0v) is 10.8. The monoisotopic (exact) mass is 256 g/mol. The average Bonchev–Trinajstić information content (AvgIpc) is 2.34. The molecule has 0 unspecified atom stereocenters. The second-order valence-corrected chi connectivity index (χ2v) is 5.07. The molecule has 1 aromatic rings. The third-order valence-corrected chi connectivity index (χ3v) is 3.95. The van der Waals surface area contributed by atoms with Gasteiger partial charge in [-0.25, -0.2) is 5.10 Å². The van der Waals surface area contributed by atoms with Crippen LogP contribution in [0, 0.1) is 0 Å². The Morgan fingerprint density at radius 1 is 1.53 bits per heavy atom. The van der Waals surface area contributed by atoms with Gasteiger partial charge in [0.15, 0.2) is 0 Å². The third kappa shape index (κ3) is 2.45. The molecule has 2 N–H and O–H groups in total. The van der Waals surface area contributed by atoms with Gasteiger partial charge in [-0.05, 0) is 26.8 Å². The first-order valence-corrected chi connectivity index (χ1v) is 6.10. The summed E-state index contributed by atoms with van der Waals surface area (Å²) in [6, 6.07) is 0. The van der Waals surface area contributed by atoms with Gasteiger partial charge < -0.3 is 10.2 Å². The van der Waals surface area contributed by atoms with E-state index in [0.29, 0.717) is 0 Å². The summed E-state index contributed by atoms with van der Waals surface area (Å²) in [4.78, 5) is 13.5. The predicted molar refractivity (Wildman–Crippen MR) is 68.8 cm³/mol. The van der Waals surface area contributed by atoms with Crippen LogP contribution in [0.2, 0.25) is 5.02 Å². The Kier molecular flexibility index (Phi) is 3.40. The molecule has 0 spiro atoms. The summed E-state index contributed by atoms with van der Waals surface area (Å²) in [5.41, 5.74) is 0.581. The molecule has 1 aliphatic heterocycles. The first-order chi connectivity index (χ1) is 8.06. The first-order valence-electron chi connectivity index (χ1n) is 5.73. The molecule has 1 aromatic heterocycles. The van der Waals surface area contributed by atoms with Gasteiger partial charge >= 0.3 is 0 Å². The second kappa shape index (κ2) is 4.66. The normalized spacial score (nSPS) is 19.4. The molecule has 0 saturated carbocycles. The number of piperidine rings is 1. The van der Waals surface area contributed by atoms with E-state index in [0.717, 1.165) is 31.6 Å². The van der Waals surface area contributed by atoms with Gasteiger partial charge in [-0.2, -0.15) is 5.10 Å². The van der Waals surface area contributed by atoms with E-state index in [1.54, 1.807) is 6.20 Å². The lowest BCUT2D eigenvalue weighted by atomic mass is 9.90. The van der Waals surface area contributed by atoms with Crippen LogP contribution in [0.4, 0.5) is 5.69 Å². The lowest BCUT2D eigenvalue weighted by Gasteiger charge is -2.40. The fourth-order valence-corrected chi connectivity index (χ4v) is 2.30. The number of hydrogen-bond acceptors (Lipinski definition) is 4. The number of rotatable bonds is 2. The van der Waals surface area contributed by atoms with E-state index in [1.807, 2.05) is 7.05 Å². The minimum absolute atomic E-state index is 0.178. The van der Waals surface area contributed by atoms with Crippen LogP contribution < -0.4 is 15.8 Å². The Morgan fingerprint density at radius 3 is 2.76 bits per heavy atom. The van der Waals surface area contributed by atoms with Crippen LogP contribution >= 0.6 is 11.6 Å². The standard InChI is InChI=1S/C11H17ClN4O/c1-11(13-2)3-5-16(6-4-11)8-7-14-15-10(17)9(8)12/h7,13H,3-6H2,1-2H3,(H,15,17). The van der Waals surface area contributed by atoms with Crippen LogP contribution in [0.5, 0.6) is 0 Å². The van der Waals surface area contributed by atoms with Crippen molar-refractivity contribution in [2.45, 2.75) is 25.3 Å². The van der Waals surface area contributed by atoms with E-state index in [4.69, 9.17) is 11.6 Å². The molecule has 17 heavy (non-hydrogen) atoms. The first kappa shape index (κ1) is 12.4. The highest BCUT2D eigenvalue weighted by Gasteiger charge is 2.29. The van der Waals surface area contributed by atoms with Crippen LogP contribution in [-0.4, -0.2) is 35.9 Å². The SMILES string of the molecule is CNC1(C)CCN(c2cn[nH]c(=O)c2Cl)CC1. The van der Waals surface area contributed by atoms with Crippen molar-refractivity contribution in [1.82, 2.24) is 15.5 Å². The molecule has 2 heterocycles. The largest absolute Gasteiger partial charge is 0.369 e. The minimum atomic E-state index is -0.328. The van der Waals surface area contributed by atoms with Gasteiger partial charge in [0.2, 0.25) is 0 Å². The average molecular weight is 257 g/mol. The van der Waals surface area contributed by atoms with Crippen molar-refractivity contribution in [3.63, 3.8) is 0 Å². The Balaban J connectivity index is 2.16. The van der Waals surface area contributed by atoms with Crippen LogP contribution in [0.15, 0.2) is 11.0 Å². The maximum Gasteiger partial charge on any atom is 0.285 e. The molecule has 1 saturated heterocycles. The van der Waals surface area contributed by atoms with Crippen molar-refractivity contribution in [3.8, 4) is 0 Å². The number of aromatic nitrogens is 2. The van der Waals surface area contributed by atoms with E-state index >= 15 is 0 Å². The number of halogens is 1. The van der Waals surface area contributed by atoms with Crippen LogP contribution in [0.3, 0.4) is 0 Å². The summed E-state index contributed by atoms with van der Waals surface area (Å²) in [5, 5.41) is 9.69. The molecule has 0 radical (unpaired) electrons. The molecular formula is C11H17ClN4O. The lowest BCUT2D eigenvalue weighted by Crippen LogP contribution is -2.50. The lowest BCUT2D eigenvalue weighted by molar-refractivity contribution is 0.305. The summed E-state index contributed by atoms with van der Waals surface area (Å²) >= 11 is 5.99. The van der Waals surface area contributed by atoms with E-state index in [1.165, 1.54) is 0 Å². The fourth-order valence-electron chi connectivity index (χ4n) is 2.09. The van der Waals surface area contributed by atoms with Crippen LogP contribution in [-0.2, 0) is 0 Å². The Morgan fingerprint density at radius 2 is 2.18 bits per heavy atom. The molecule has 0 bridgehead atoms. The molecule has 94 valence electrons. The van der Waals surface area contributed by atoms with Crippen molar-refractivity contribution in [3.05, 3.63) is 21.6 Å². The molecule has 1 aliphatic rings. The summed E-state index contributed by atoms with van der Waals surface area (Å²) in [6.45, 7) is 3.96. The smallest absolute Gasteiger partial charge is 0.285 e. The number of nitrogens with zero attached hydrogens (tertiary/aromatic N) is 2. The van der Waals surface area contributed by atoms with Crippen molar-refractivity contribution in [2.24, 2.45) is 0 Å². The number of hydrogen-bond donors (Lipinski definition) is 2. The highest BCUT2D eigenvalue weighted by Crippen LogP contribution is 2.28. The summed E-state index contributed by atoms with van der Waals surface area (Å²) in [7, 11) is 1.98. The molecule has 0 amide bonds. The number of anilines is 1. The highest BCUT2D eigenvalue weighted by molar-refractivity contribution is 6.32. The van der Waals surface area contributed by atoms with Crippen molar-refractivity contribution < 1.29 is 0 Å². The topological polar surface area (TPSA) is 61.0 Å². The van der Waals surface area contributed by atoms with E-state index in [2.05, 4.69) is 27.3 Å². The van der Waals surface area contributed by atoms with E-state index in [9.17, 15) is 4.79 Å². The maximum atomic E-state index is 11.4. The van der Waals surface area contributed by atoms with Gasteiger partial charge in [0.25, 0.3) is 5.56 Å². The number of nitrogens with one attached hydrogen (secondary N) is 2. The number of aromatic amines is 1. The molecule has 6 heteroatoms. The summed E-state index contributed by atoms with van der Waals surface area (Å²) in [5.74, 6) is 0. The van der Waals surface area contributed by atoms with Crippen molar-refractivity contribution in [1.29, 1.82) is 0 Å². The number of H-pyrrole nitrogens is 1. The second-order valence-electron chi connectivity index (χ2n) is 4.70. The summed E-state index contributed by atoms with van der Waals surface area (Å²) in [6.07, 6.45) is 3.66. The minimum Gasteiger partial charge on any atom is -0.369 e. The zero-order chi connectivity index (χ0) is 12.5. The quantitative estimate of drug-likeness (QED) is 0.829. The third-order valence-electron chi connectivity index (χ3n) is 3.59. The Bertz CT molecular complexity index is 451. The molecule has 1 fully saturated rings. The summed E-state index contributed by atoms with van der Waals surface area (Å²) < 4.78 is 0. The van der Waals surface area contributed by atoms with Gasteiger partial charge in [0.05, 0.1) is 11.9 Å². The zero-order valence-electron chi connectivity index (χ0n) is 10.1. The maximum absolute atomic E-state index is 11.4. The van der Waals surface area contributed by atoms with Gasteiger partial charge in [-0.1, -0.05) is 11.6 Å². The highest BCUT2D eigenvalue weighted by atomic mass is 35.5. The van der Waals surface area contributed by atoms with Crippen LogP contribution in [0.1, 0.15) is 19.8 Å². The van der Waals surface area contributed by atoms with Gasteiger partial charge in [0, 0.05) is 18.6 Å². The van der Waals surface area contributed by atoms with Crippen LogP contribution in [0.25, 0.3) is 0 Å². The van der Waals surface area contributed by atoms with Gasteiger partial charge in [-0.3, -0.25) is 4.79 Å². The molecule has 2 rings (SSSR count). The molecular weight excluding hydrogens is 240 g/mol.